The maximum Gasteiger partial charge on any atom is 0.228 e. The van der Waals surface area contributed by atoms with Gasteiger partial charge < -0.3 is 14.4 Å². The summed E-state index contributed by atoms with van der Waals surface area (Å²) in [5.41, 5.74) is 1.30. The van der Waals surface area contributed by atoms with Crippen LogP contribution < -0.4 is 14.4 Å². The third-order valence-corrected chi connectivity index (χ3v) is 7.20. The Morgan fingerprint density at radius 2 is 1.78 bits per heavy atom. The van der Waals surface area contributed by atoms with Gasteiger partial charge in [-0.15, -0.1) is 0 Å². The topological polar surface area (TPSA) is 94.5 Å². The number of nitrogens with zero attached hydrogens (tertiary/aromatic N) is 4. The third-order valence-electron chi connectivity index (χ3n) is 5.77. The van der Waals surface area contributed by atoms with Crippen molar-refractivity contribution in [1.82, 2.24) is 15.0 Å². The standard InChI is InChI=1S/C22H21FN4O4S/c23-18-9-16(17-2-4-21-20(10-17)31-14-32(21,28)29)1-3-19(18)30-11-15-5-7-27(8-6-15)22-25-12-24-13-26-22/h1-4,9-10,12-13,15H,5-8,11,14H2. The summed E-state index contributed by atoms with van der Waals surface area (Å²) < 4.78 is 49.5. The van der Waals surface area contributed by atoms with E-state index in [0.717, 1.165) is 25.9 Å². The summed E-state index contributed by atoms with van der Waals surface area (Å²) in [5, 5.41) is 0. The molecule has 0 saturated carbocycles. The Balaban J connectivity index is 1.21. The maximum atomic E-state index is 14.7. The largest absolute Gasteiger partial charge is 0.490 e. The summed E-state index contributed by atoms with van der Waals surface area (Å²) in [6.07, 6.45) is 4.79. The van der Waals surface area contributed by atoms with Crippen LogP contribution in [0.4, 0.5) is 10.3 Å². The van der Waals surface area contributed by atoms with E-state index in [4.69, 9.17) is 9.47 Å². The van der Waals surface area contributed by atoms with Crippen molar-refractivity contribution in [3.8, 4) is 22.6 Å². The van der Waals surface area contributed by atoms with E-state index < -0.39 is 15.7 Å². The van der Waals surface area contributed by atoms with E-state index in [2.05, 4.69) is 19.9 Å². The van der Waals surface area contributed by atoms with Crippen LogP contribution in [0.25, 0.3) is 11.1 Å². The zero-order valence-electron chi connectivity index (χ0n) is 17.1. The maximum absolute atomic E-state index is 14.7. The van der Waals surface area contributed by atoms with Crippen LogP contribution in [0.2, 0.25) is 0 Å². The molecule has 1 aromatic heterocycles. The van der Waals surface area contributed by atoms with Gasteiger partial charge in [0.05, 0.1) is 6.61 Å². The Morgan fingerprint density at radius 1 is 1.06 bits per heavy atom. The molecule has 8 nitrogen and oxygen atoms in total. The van der Waals surface area contributed by atoms with E-state index in [1.165, 1.54) is 24.8 Å². The molecule has 0 aliphatic carbocycles. The van der Waals surface area contributed by atoms with Crippen molar-refractivity contribution in [2.45, 2.75) is 17.7 Å². The summed E-state index contributed by atoms with van der Waals surface area (Å²) in [4.78, 5) is 14.5. The average molecular weight is 456 g/mol. The molecular weight excluding hydrogens is 435 g/mol. The van der Waals surface area contributed by atoms with Crippen LogP contribution in [-0.4, -0.2) is 49.0 Å². The van der Waals surface area contributed by atoms with Crippen LogP contribution in [0.5, 0.6) is 11.5 Å². The summed E-state index contributed by atoms with van der Waals surface area (Å²) >= 11 is 0. The molecular formula is C22H21FN4O4S. The Bertz CT molecular complexity index is 1230. The first kappa shape index (κ1) is 20.6. The summed E-state index contributed by atoms with van der Waals surface area (Å²) in [6, 6.07) is 9.53. The highest BCUT2D eigenvalue weighted by Gasteiger charge is 2.28. The SMILES string of the molecule is O=S1(=O)COc2cc(-c3ccc(OCC4CCN(c5ncncn5)CC4)c(F)c3)ccc21. The van der Waals surface area contributed by atoms with Gasteiger partial charge in [0.1, 0.15) is 23.3 Å². The van der Waals surface area contributed by atoms with E-state index >= 15 is 0 Å². The highest BCUT2D eigenvalue weighted by Crippen LogP contribution is 2.36. The minimum absolute atomic E-state index is 0.170. The van der Waals surface area contributed by atoms with Gasteiger partial charge in [0, 0.05) is 13.1 Å². The third kappa shape index (κ3) is 4.10. The van der Waals surface area contributed by atoms with E-state index in [0.29, 0.717) is 35.3 Å². The summed E-state index contributed by atoms with van der Waals surface area (Å²) in [7, 11) is -3.39. The molecule has 0 spiro atoms. The Labute approximate surface area is 185 Å². The van der Waals surface area contributed by atoms with Crippen LogP contribution in [-0.2, 0) is 9.84 Å². The molecule has 0 bridgehead atoms. The molecule has 1 fully saturated rings. The number of fused-ring (bicyclic) bond motifs is 1. The van der Waals surface area contributed by atoms with Crippen molar-refractivity contribution in [3.05, 3.63) is 54.9 Å². The monoisotopic (exact) mass is 456 g/mol. The minimum atomic E-state index is -3.39. The van der Waals surface area contributed by atoms with Gasteiger partial charge in [-0.2, -0.15) is 0 Å². The van der Waals surface area contributed by atoms with Gasteiger partial charge in [-0.1, -0.05) is 12.1 Å². The Morgan fingerprint density at radius 3 is 2.53 bits per heavy atom. The fourth-order valence-corrected chi connectivity index (χ4v) is 5.07. The minimum Gasteiger partial charge on any atom is -0.490 e. The van der Waals surface area contributed by atoms with E-state index in [9.17, 15) is 12.8 Å². The molecule has 3 heterocycles. The molecule has 10 heteroatoms. The molecule has 5 rings (SSSR count). The molecule has 3 aromatic rings. The van der Waals surface area contributed by atoms with Crippen LogP contribution in [0.1, 0.15) is 12.8 Å². The molecule has 32 heavy (non-hydrogen) atoms. The number of rotatable bonds is 5. The van der Waals surface area contributed by atoms with Gasteiger partial charge in [-0.3, -0.25) is 0 Å². The molecule has 2 aromatic carbocycles. The fourth-order valence-electron chi connectivity index (χ4n) is 3.96. The smallest absolute Gasteiger partial charge is 0.228 e. The highest BCUT2D eigenvalue weighted by molar-refractivity contribution is 7.91. The normalized spacial score (nSPS) is 17.6. The predicted octanol–water partition coefficient (Wildman–Crippen LogP) is 3.10. The number of piperidine rings is 1. The molecule has 0 N–H and O–H groups in total. The van der Waals surface area contributed by atoms with Crippen LogP contribution in [0.15, 0.2) is 53.9 Å². The molecule has 2 aliphatic heterocycles. The predicted molar refractivity (Wildman–Crippen MR) is 115 cm³/mol. The quantitative estimate of drug-likeness (QED) is 0.578. The molecule has 1 saturated heterocycles. The van der Waals surface area contributed by atoms with Crippen molar-refractivity contribution in [2.75, 3.05) is 30.5 Å². The molecule has 2 aliphatic rings. The van der Waals surface area contributed by atoms with Gasteiger partial charge in [0.2, 0.25) is 15.8 Å². The number of benzene rings is 2. The molecule has 0 amide bonds. The summed E-state index contributed by atoms with van der Waals surface area (Å²) in [5.74, 6) is 0.680. The lowest BCUT2D eigenvalue weighted by Gasteiger charge is -2.31. The van der Waals surface area contributed by atoms with E-state index in [1.807, 2.05) is 0 Å². The zero-order chi connectivity index (χ0) is 22.1. The van der Waals surface area contributed by atoms with Crippen molar-refractivity contribution in [3.63, 3.8) is 0 Å². The van der Waals surface area contributed by atoms with Crippen molar-refractivity contribution in [2.24, 2.45) is 5.92 Å². The first-order chi connectivity index (χ1) is 15.5. The zero-order valence-corrected chi connectivity index (χ0v) is 18.0. The van der Waals surface area contributed by atoms with Gasteiger partial charge in [-0.25, -0.2) is 27.8 Å². The van der Waals surface area contributed by atoms with Crippen molar-refractivity contribution in [1.29, 1.82) is 0 Å². The lowest BCUT2D eigenvalue weighted by atomic mass is 9.98. The number of hydrogen-bond donors (Lipinski definition) is 0. The lowest BCUT2D eigenvalue weighted by Crippen LogP contribution is -2.36. The molecule has 0 unspecified atom stereocenters. The average Bonchev–Trinajstić information content (AvgIpc) is 3.13. The van der Waals surface area contributed by atoms with Crippen LogP contribution >= 0.6 is 0 Å². The van der Waals surface area contributed by atoms with Crippen molar-refractivity contribution >= 4 is 15.8 Å². The second kappa shape index (κ2) is 8.34. The number of aromatic nitrogens is 3. The van der Waals surface area contributed by atoms with Gasteiger partial charge in [-0.05, 0) is 54.2 Å². The highest BCUT2D eigenvalue weighted by atomic mass is 32.2. The Hall–Kier alpha value is -3.27. The number of ether oxygens (including phenoxy) is 2. The van der Waals surface area contributed by atoms with Crippen molar-refractivity contribution < 1.29 is 22.3 Å². The van der Waals surface area contributed by atoms with Gasteiger partial charge in [0.25, 0.3) is 0 Å². The van der Waals surface area contributed by atoms with Gasteiger partial charge >= 0.3 is 0 Å². The number of sulfone groups is 1. The van der Waals surface area contributed by atoms with E-state index in [-0.39, 0.29) is 16.6 Å². The molecule has 0 radical (unpaired) electrons. The Kier molecular flexibility index (Phi) is 5.38. The number of halogens is 1. The fraction of sp³-hybridized carbons (Fsp3) is 0.318. The second-order valence-electron chi connectivity index (χ2n) is 7.86. The second-order valence-corrected chi connectivity index (χ2v) is 9.77. The first-order valence-corrected chi connectivity index (χ1v) is 11.9. The van der Waals surface area contributed by atoms with Gasteiger partial charge in [0.15, 0.2) is 17.5 Å². The summed E-state index contributed by atoms with van der Waals surface area (Å²) in [6.45, 7) is 2.07. The van der Waals surface area contributed by atoms with Crippen LogP contribution in [0.3, 0.4) is 0 Å². The number of anilines is 1. The first-order valence-electron chi connectivity index (χ1n) is 10.3. The molecule has 166 valence electrons. The van der Waals surface area contributed by atoms with E-state index in [1.54, 1.807) is 24.3 Å². The lowest BCUT2D eigenvalue weighted by molar-refractivity contribution is 0.215. The molecule has 0 atom stereocenters. The van der Waals surface area contributed by atoms with Crippen LogP contribution in [0, 0.1) is 11.7 Å². The number of hydrogen-bond acceptors (Lipinski definition) is 8.